The van der Waals surface area contributed by atoms with Gasteiger partial charge in [-0.25, -0.2) is 0 Å². The summed E-state index contributed by atoms with van der Waals surface area (Å²) in [5.74, 6) is -1.33. The van der Waals surface area contributed by atoms with Crippen molar-refractivity contribution in [2.45, 2.75) is 53.4 Å². The Morgan fingerprint density at radius 2 is 1.06 bits per heavy atom. The third kappa shape index (κ3) is 6.98. The topological polar surface area (TPSA) is 93.0 Å². The largest absolute Gasteiger partial charge is 0.286 e. The van der Waals surface area contributed by atoms with Gasteiger partial charge in [0.05, 0.1) is 0 Å². The number of hydrogen-bond acceptors (Lipinski definition) is 4. The molecule has 6 nitrogen and oxygen atoms in total. The Labute approximate surface area is 106 Å². The van der Waals surface area contributed by atoms with Gasteiger partial charge >= 0.3 is 0 Å². The van der Waals surface area contributed by atoms with Crippen LogP contribution in [-0.4, -0.2) is 11.8 Å². The van der Waals surface area contributed by atoms with Gasteiger partial charge in [-0.05, 0) is 23.7 Å². The van der Waals surface area contributed by atoms with Crippen molar-refractivity contribution in [2.24, 2.45) is 21.2 Å². The lowest BCUT2D eigenvalue weighted by Crippen LogP contribution is -2.22. The third-order valence-corrected chi connectivity index (χ3v) is 2.94. The average molecular weight is 256 g/mol. The van der Waals surface area contributed by atoms with E-state index in [1.807, 2.05) is 27.7 Å². The van der Waals surface area contributed by atoms with E-state index in [4.69, 9.17) is 0 Å². The number of carbonyl (C=O) groups excluding carboxylic acids is 2. The van der Waals surface area contributed by atoms with Crippen LogP contribution in [0.4, 0.5) is 0 Å². The summed E-state index contributed by atoms with van der Waals surface area (Å²) in [6, 6.07) is 0. The van der Waals surface area contributed by atoms with Crippen LogP contribution in [0.3, 0.4) is 0 Å². The van der Waals surface area contributed by atoms with E-state index in [-0.39, 0.29) is 23.7 Å². The van der Waals surface area contributed by atoms with Crippen molar-refractivity contribution < 1.29 is 9.59 Å². The number of nitrogens with zero attached hydrogens (tertiary/aromatic N) is 2. The summed E-state index contributed by atoms with van der Waals surface area (Å²) >= 11 is 0. The molecule has 0 radical (unpaired) electrons. The Balaban J connectivity index is 4.36. The number of hydrogen-bond donors (Lipinski definition) is 0. The van der Waals surface area contributed by atoms with Gasteiger partial charge in [0.2, 0.25) is 0 Å². The molecule has 0 saturated heterocycles. The van der Waals surface area contributed by atoms with E-state index in [2.05, 4.69) is 10.4 Å². The van der Waals surface area contributed by atoms with Gasteiger partial charge < -0.3 is 0 Å². The molecule has 0 aliphatic heterocycles. The second-order valence-corrected chi connectivity index (χ2v) is 6.15. The molecule has 0 rings (SSSR count). The molecular weight excluding hydrogens is 236 g/mol. The maximum Gasteiger partial charge on any atom is 0.286 e. The minimum atomic E-state index is -0.663. The quantitative estimate of drug-likeness (QED) is 0.654. The van der Waals surface area contributed by atoms with Crippen LogP contribution >= 0.6 is 0 Å². The SMILES string of the molecule is CC(C)(CCC(C)(C)CC(=O)N=O)CC(=O)N=O. The number of amides is 2. The predicted octanol–water partition coefficient (Wildman–Crippen LogP) is 3.19. The minimum Gasteiger partial charge on any atom is -0.269 e. The van der Waals surface area contributed by atoms with Crippen LogP contribution in [0.25, 0.3) is 0 Å². The van der Waals surface area contributed by atoms with E-state index in [9.17, 15) is 19.4 Å². The lowest BCUT2D eigenvalue weighted by Gasteiger charge is -2.29. The van der Waals surface area contributed by atoms with Crippen LogP contribution < -0.4 is 0 Å². The zero-order chi connectivity index (χ0) is 14.4. The van der Waals surface area contributed by atoms with E-state index < -0.39 is 11.8 Å². The van der Waals surface area contributed by atoms with Gasteiger partial charge in [-0.3, -0.25) is 9.59 Å². The molecular formula is C12H20N2O4. The molecule has 0 aromatic heterocycles. The summed E-state index contributed by atoms with van der Waals surface area (Å²) in [4.78, 5) is 42.1. The first-order valence-electron chi connectivity index (χ1n) is 5.84. The van der Waals surface area contributed by atoms with Gasteiger partial charge in [0.25, 0.3) is 11.8 Å². The summed E-state index contributed by atoms with van der Waals surface area (Å²) < 4.78 is 0. The molecule has 102 valence electrons. The molecule has 0 fully saturated rings. The lowest BCUT2D eigenvalue weighted by molar-refractivity contribution is -0.121. The van der Waals surface area contributed by atoms with E-state index in [0.717, 1.165) is 0 Å². The summed E-state index contributed by atoms with van der Waals surface area (Å²) in [6.07, 6.45) is 1.50. The van der Waals surface area contributed by atoms with Gasteiger partial charge in [-0.15, -0.1) is 9.81 Å². The number of nitroso groups, excluding NO2 is 2. The minimum absolute atomic E-state index is 0.0897. The zero-order valence-corrected chi connectivity index (χ0v) is 11.4. The van der Waals surface area contributed by atoms with Crippen LogP contribution in [0.1, 0.15) is 53.4 Å². The highest BCUT2D eigenvalue weighted by molar-refractivity contribution is 5.77. The Kier molecular flexibility index (Phi) is 5.94. The molecule has 0 unspecified atom stereocenters. The molecule has 0 atom stereocenters. The van der Waals surface area contributed by atoms with Gasteiger partial charge in [-0.1, -0.05) is 27.7 Å². The molecule has 0 aromatic rings. The maximum atomic E-state index is 11.0. The van der Waals surface area contributed by atoms with Crippen molar-refractivity contribution in [1.29, 1.82) is 0 Å². The molecule has 6 heteroatoms. The van der Waals surface area contributed by atoms with Gasteiger partial charge in [0.15, 0.2) is 0 Å². The van der Waals surface area contributed by atoms with Crippen molar-refractivity contribution in [3.05, 3.63) is 9.81 Å². The van der Waals surface area contributed by atoms with Crippen LogP contribution in [0.15, 0.2) is 10.4 Å². The predicted molar refractivity (Wildman–Crippen MR) is 67.6 cm³/mol. The first kappa shape index (κ1) is 16.5. The number of carbonyl (C=O) groups is 2. The molecule has 0 N–H and O–H groups in total. The fourth-order valence-corrected chi connectivity index (χ4v) is 1.74. The molecule has 0 heterocycles. The fourth-order valence-electron chi connectivity index (χ4n) is 1.74. The van der Waals surface area contributed by atoms with Crippen molar-refractivity contribution >= 4 is 11.8 Å². The van der Waals surface area contributed by atoms with Crippen molar-refractivity contribution in [3.63, 3.8) is 0 Å². The highest BCUT2D eigenvalue weighted by atomic mass is 16.3. The fraction of sp³-hybridized carbons (Fsp3) is 0.833. The van der Waals surface area contributed by atoms with E-state index in [1.165, 1.54) is 0 Å². The molecule has 0 spiro atoms. The summed E-state index contributed by atoms with van der Waals surface area (Å²) in [5, 5.41) is 4.76. The van der Waals surface area contributed by atoms with Gasteiger partial charge in [0, 0.05) is 23.2 Å². The standard InChI is InChI=1S/C12H20N2O4/c1-11(2,7-9(15)13-17)5-6-12(3,4)8-10(16)14-18/h5-8H2,1-4H3. The zero-order valence-electron chi connectivity index (χ0n) is 11.4. The van der Waals surface area contributed by atoms with E-state index in [1.54, 1.807) is 0 Å². The van der Waals surface area contributed by atoms with Gasteiger partial charge in [-0.2, -0.15) is 0 Å². The molecule has 0 bridgehead atoms. The van der Waals surface area contributed by atoms with Crippen LogP contribution in [0, 0.1) is 20.6 Å². The van der Waals surface area contributed by atoms with E-state index in [0.29, 0.717) is 12.8 Å². The molecule has 0 aliphatic rings. The first-order chi connectivity index (χ1) is 8.12. The maximum absolute atomic E-state index is 11.0. The lowest BCUT2D eigenvalue weighted by atomic mass is 9.76. The van der Waals surface area contributed by atoms with Crippen LogP contribution in [0.2, 0.25) is 0 Å². The summed E-state index contributed by atoms with van der Waals surface area (Å²) in [5.41, 5.74) is -0.695. The van der Waals surface area contributed by atoms with Crippen molar-refractivity contribution in [3.8, 4) is 0 Å². The Hall–Kier alpha value is -1.46. The smallest absolute Gasteiger partial charge is 0.269 e. The second-order valence-electron chi connectivity index (χ2n) is 6.15. The Morgan fingerprint density at radius 3 is 1.28 bits per heavy atom. The van der Waals surface area contributed by atoms with Crippen LogP contribution in [0.5, 0.6) is 0 Å². The summed E-state index contributed by atoms with van der Waals surface area (Å²) in [6.45, 7) is 7.47. The monoisotopic (exact) mass is 256 g/mol. The molecule has 0 aliphatic carbocycles. The van der Waals surface area contributed by atoms with Crippen molar-refractivity contribution in [1.82, 2.24) is 0 Å². The van der Waals surface area contributed by atoms with Crippen LogP contribution in [-0.2, 0) is 9.59 Å². The van der Waals surface area contributed by atoms with E-state index >= 15 is 0 Å². The average Bonchev–Trinajstić information content (AvgIpc) is 2.25. The van der Waals surface area contributed by atoms with Crippen molar-refractivity contribution in [2.75, 3.05) is 0 Å². The normalized spacial score (nSPS) is 12.0. The Bertz CT molecular complexity index is 314. The Morgan fingerprint density at radius 1 is 0.778 bits per heavy atom. The first-order valence-corrected chi connectivity index (χ1v) is 5.84. The summed E-state index contributed by atoms with van der Waals surface area (Å²) in [7, 11) is 0. The molecule has 18 heavy (non-hydrogen) atoms. The van der Waals surface area contributed by atoms with Gasteiger partial charge in [0.1, 0.15) is 0 Å². The third-order valence-electron chi connectivity index (χ3n) is 2.94. The molecule has 0 aromatic carbocycles. The molecule has 0 saturated carbocycles. The molecule has 2 amide bonds. The second kappa shape index (κ2) is 6.47. The highest BCUT2D eigenvalue weighted by Gasteiger charge is 2.28. The number of rotatable bonds is 7. The highest BCUT2D eigenvalue weighted by Crippen LogP contribution is 2.35.